The van der Waals surface area contributed by atoms with E-state index in [0.29, 0.717) is 0 Å². The zero-order valence-electron chi connectivity index (χ0n) is 25.2. The molecular formula is C45H32. The molecular weight excluding hydrogens is 540 g/mol. The summed E-state index contributed by atoms with van der Waals surface area (Å²) in [7, 11) is 0. The van der Waals surface area contributed by atoms with E-state index < -0.39 is 5.41 Å². The van der Waals surface area contributed by atoms with Crippen molar-refractivity contribution in [3.63, 3.8) is 0 Å². The molecule has 45 heavy (non-hydrogen) atoms. The summed E-state index contributed by atoms with van der Waals surface area (Å²) in [6.07, 6.45) is 0. The molecule has 0 heterocycles. The predicted octanol–water partition coefficient (Wildman–Crippen LogP) is 11.2. The van der Waals surface area contributed by atoms with Crippen LogP contribution in [0.2, 0.25) is 0 Å². The highest BCUT2D eigenvalue weighted by atomic mass is 14.5. The van der Waals surface area contributed by atoms with E-state index in [4.69, 9.17) is 0 Å². The zero-order chi connectivity index (χ0) is 30.0. The van der Waals surface area contributed by atoms with Gasteiger partial charge in [0.1, 0.15) is 0 Å². The van der Waals surface area contributed by atoms with E-state index in [9.17, 15) is 0 Å². The Labute approximate surface area is 265 Å². The largest absolute Gasteiger partial charge is 0.0719 e. The van der Waals surface area contributed by atoms with Crippen LogP contribution in [-0.2, 0) is 5.41 Å². The lowest BCUT2D eigenvalue weighted by Crippen LogP contribution is -2.36. The van der Waals surface area contributed by atoms with Gasteiger partial charge in [-0.15, -0.1) is 0 Å². The second kappa shape index (κ2) is 10.0. The Kier molecular flexibility index (Phi) is 5.80. The zero-order valence-corrected chi connectivity index (χ0v) is 25.2. The molecule has 7 aromatic rings. The molecule has 7 aromatic carbocycles. The van der Waals surface area contributed by atoms with Crippen molar-refractivity contribution in [1.29, 1.82) is 0 Å². The van der Waals surface area contributed by atoms with Gasteiger partial charge in [0.2, 0.25) is 0 Å². The van der Waals surface area contributed by atoms with E-state index in [0.717, 1.165) is 0 Å². The van der Waals surface area contributed by atoms with Gasteiger partial charge in [-0.2, -0.15) is 0 Å². The molecule has 1 atom stereocenters. The number of benzene rings is 7. The summed E-state index contributed by atoms with van der Waals surface area (Å²) < 4.78 is 0. The highest BCUT2D eigenvalue weighted by Crippen LogP contribution is 2.62. The normalized spacial score (nSPS) is 15.2. The molecule has 0 radical (unpaired) electrons. The van der Waals surface area contributed by atoms with Crippen LogP contribution in [0.4, 0.5) is 0 Å². The Balaban J connectivity index is 1.41. The summed E-state index contributed by atoms with van der Waals surface area (Å²) in [4.78, 5) is 0. The van der Waals surface area contributed by atoms with Crippen LogP contribution in [-0.4, -0.2) is 0 Å². The molecule has 0 saturated carbocycles. The summed E-state index contributed by atoms with van der Waals surface area (Å²) in [6, 6.07) is 63.5. The summed E-state index contributed by atoms with van der Waals surface area (Å²) in [5, 5.41) is 0. The predicted molar refractivity (Wildman–Crippen MR) is 187 cm³/mol. The highest BCUT2D eigenvalue weighted by Gasteiger charge is 2.51. The van der Waals surface area contributed by atoms with Gasteiger partial charge in [0.05, 0.1) is 5.41 Å². The lowest BCUT2D eigenvalue weighted by Gasteiger charge is -2.44. The van der Waals surface area contributed by atoms with Gasteiger partial charge < -0.3 is 0 Å². The molecule has 2 aliphatic rings. The molecule has 0 aromatic heterocycles. The van der Waals surface area contributed by atoms with Gasteiger partial charge in [-0.25, -0.2) is 0 Å². The first kappa shape index (κ1) is 26.0. The van der Waals surface area contributed by atoms with Gasteiger partial charge in [0.15, 0.2) is 0 Å². The van der Waals surface area contributed by atoms with Crippen molar-refractivity contribution in [1.82, 2.24) is 0 Å². The molecule has 0 saturated heterocycles. The molecule has 1 unspecified atom stereocenters. The minimum absolute atomic E-state index is 0.0727. The summed E-state index contributed by atoms with van der Waals surface area (Å²) in [5.41, 5.74) is 18.2. The molecule has 2 aliphatic carbocycles. The molecule has 0 aliphatic heterocycles. The Hall–Kier alpha value is -5.46. The fourth-order valence-electron chi connectivity index (χ4n) is 8.25. The molecule has 0 amide bonds. The van der Waals surface area contributed by atoms with Crippen LogP contribution in [0.25, 0.3) is 33.4 Å². The summed E-state index contributed by atoms with van der Waals surface area (Å²) in [5.74, 6) is 0.0727. The third-order valence-corrected chi connectivity index (χ3v) is 10.1. The van der Waals surface area contributed by atoms with Crippen LogP contribution in [0.3, 0.4) is 0 Å². The first-order valence-corrected chi connectivity index (χ1v) is 15.9. The van der Waals surface area contributed by atoms with E-state index in [-0.39, 0.29) is 5.92 Å². The average Bonchev–Trinajstić information content (AvgIpc) is 3.40. The first-order valence-electron chi connectivity index (χ1n) is 15.9. The van der Waals surface area contributed by atoms with E-state index >= 15 is 0 Å². The van der Waals surface area contributed by atoms with E-state index in [1.807, 2.05) is 0 Å². The maximum atomic E-state index is 2.49. The SMILES string of the molecule is Cc1ccc(-c2ccc3c(c2)C(c2ccccc2-c2ccccc2)c2ccccc2C32c3ccccc3-c3ccccc32)cc1. The van der Waals surface area contributed by atoms with Crippen molar-refractivity contribution in [2.45, 2.75) is 18.3 Å². The quantitative estimate of drug-likeness (QED) is 0.198. The van der Waals surface area contributed by atoms with E-state index in [1.54, 1.807) is 0 Å². The van der Waals surface area contributed by atoms with Gasteiger partial charge in [-0.3, -0.25) is 0 Å². The van der Waals surface area contributed by atoms with Crippen molar-refractivity contribution in [3.8, 4) is 33.4 Å². The number of fused-ring (bicyclic) bond motifs is 9. The maximum absolute atomic E-state index is 2.49. The van der Waals surface area contributed by atoms with Crippen LogP contribution in [0, 0.1) is 6.92 Å². The molecule has 0 nitrogen and oxygen atoms in total. The summed E-state index contributed by atoms with van der Waals surface area (Å²) >= 11 is 0. The van der Waals surface area contributed by atoms with E-state index in [1.165, 1.54) is 77.9 Å². The van der Waals surface area contributed by atoms with Gasteiger partial charge >= 0.3 is 0 Å². The van der Waals surface area contributed by atoms with Gasteiger partial charge in [-0.05, 0) is 85.3 Å². The molecule has 212 valence electrons. The molecule has 1 spiro atoms. The smallest absolute Gasteiger partial charge is 0.0622 e. The fraction of sp³-hybridized carbons (Fsp3) is 0.0667. The van der Waals surface area contributed by atoms with Crippen molar-refractivity contribution >= 4 is 0 Å². The number of hydrogen-bond acceptors (Lipinski definition) is 0. The molecule has 0 N–H and O–H groups in total. The van der Waals surface area contributed by atoms with Crippen LogP contribution in [0.5, 0.6) is 0 Å². The molecule has 0 bridgehead atoms. The van der Waals surface area contributed by atoms with Crippen molar-refractivity contribution < 1.29 is 0 Å². The fourth-order valence-corrected chi connectivity index (χ4v) is 8.25. The lowest BCUT2D eigenvalue weighted by molar-refractivity contribution is 0.697. The second-order valence-corrected chi connectivity index (χ2v) is 12.5. The highest BCUT2D eigenvalue weighted by molar-refractivity contribution is 5.89. The third-order valence-electron chi connectivity index (χ3n) is 10.1. The Morgan fingerprint density at radius 3 is 1.56 bits per heavy atom. The lowest BCUT2D eigenvalue weighted by atomic mass is 9.58. The molecule has 0 heteroatoms. The van der Waals surface area contributed by atoms with Crippen LogP contribution in [0.1, 0.15) is 50.4 Å². The van der Waals surface area contributed by atoms with Crippen molar-refractivity contribution in [2.75, 3.05) is 0 Å². The van der Waals surface area contributed by atoms with Crippen LogP contribution < -0.4 is 0 Å². The Bertz CT molecular complexity index is 2170. The first-order chi connectivity index (χ1) is 22.2. The Morgan fingerprint density at radius 2 is 0.867 bits per heavy atom. The number of aryl methyl sites for hydroxylation is 1. The topological polar surface area (TPSA) is 0 Å². The maximum Gasteiger partial charge on any atom is 0.0719 e. The van der Waals surface area contributed by atoms with Crippen molar-refractivity contribution in [3.05, 3.63) is 214 Å². The third kappa shape index (κ3) is 3.72. The van der Waals surface area contributed by atoms with Gasteiger partial charge in [0, 0.05) is 5.92 Å². The minimum Gasteiger partial charge on any atom is -0.0622 e. The monoisotopic (exact) mass is 572 g/mol. The minimum atomic E-state index is -0.400. The van der Waals surface area contributed by atoms with Gasteiger partial charge in [-0.1, -0.05) is 169 Å². The molecule has 0 fully saturated rings. The van der Waals surface area contributed by atoms with Gasteiger partial charge in [0.25, 0.3) is 0 Å². The average molecular weight is 573 g/mol. The van der Waals surface area contributed by atoms with Crippen LogP contribution >= 0.6 is 0 Å². The van der Waals surface area contributed by atoms with Crippen LogP contribution in [0.15, 0.2) is 170 Å². The Morgan fingerprint density at radius 1 is 0.356 bits per heavy atom. The second-order valence-electron chi connectivity index (χ2n) is 12.5. The number of rotatable bonds is 3. The standard InChI is InChI=1S/C45H32/c1-30-23-25-31(26-24-30)33-27-28-43-39(29-33)44(37-18-6-5-15-34(37)32-13-3-2-4-14-32)38-19-9-12-22-42(38)45(43)40-20-10-7-16-35(40)36-17-8-11-21-41(36)45/h2-29,44H,1H3. The van der Waals surface area contributed by atoms with E-state index in [2.05, 4.69) is 177 Å². The summed E-state index contributed by atoms with van der Waals surface area (Å²) in [6.45, 7) is 2.16. The number of hydrogen-bond donors (Lipinski definition) is 0. The van der Waals surface area contributed by atoms with Crippen molar-refractivity contribution in [2.24, 2.45) is 0 Å². The molecule has 9 rings (SSSR count).